The van der Waals surface area contributed by atoms with Crippen LogP contribution < -0.4 is 0 Å². The Hall–Kier alpha value is -2.54. The molecule has 128 valence electrons. The third-order valence-corrected chi connectivity index (χ3v) is 5.37. The number of aromatic nitrogens is 4. The van der Waals surface area contributed by atoms with Gasteiger partial charge in [0.05, 0.1) is 17.5 Å². The molecular weight excluding hydrogens is 334 g/mol. The fraction of sp³-hybridized carbons (Fsp3) is 0.333. The van der Waals surface area contributed by atoms with Crippen molar-refractivity contribution in [3.63, 3.8) is 0 Å². The summed E-state index contributed by atoms with van der Waals surface area (Å²) in [5.41, 5.74) is 1.89. The summed E-state index contributed by atoms with van der Waals surface area (Å²) in [6, 6.07) is 11.8. The van der Waals surface area contributed by atoms with Crippen molar-refractivity contribution in [2.75, 3.05) is 6.54 Å². The molecule has 25 heavy (non-hydrogen) atoms. The molecule has 1 aliphatic heterocycles. The molecule has 3 heterocycles. The van der Waals surface area contributed by atoms with Gasteiger partial charge < -0.3 is 4.90 Å². The molecule has 4 rings (SSSR count). The maximum atomic E-state index is 12.8. The van der Waals surface area contributed by atoms with Crippen LogP contribution in [0.4, 0.5) is 0 Å². The van der Waals surface area contributed by atoms with Gasteiger partial charge in [0.1, 0.15) is 0 Å². The highest BCUT2D eigenvalue weighted by atomic mass is 32.1. The minimum absolute atomic E-state index is 0.0843. The standard InChI is InChI=1S/C18H19N5OS/c1-13-6-8-14(9-7-13)18(24)22-10-2-4-15(22)12-23-20-17(19-21-23)16-5-3-11-25-16/h3,5-9,11,15H,2,4,10,12H2,1H3/t15-/m1/s1. The normalized spacial score (nSPS) is 17.2. The van der Waals surface area contributed by atoms with Gasteiger partial charge in [0.25, 0.3) is 5.91 Å². The minimum atomic E-state index is 0.0843. The maximum Gasteiger partial charge on any atom is 0.254 e. The lowest BCUT2D eigenvalue weighted by Crippen LogP contribution is -2.38. The Kier molecular flexibility index (Phi) is 4.31. The number of thiophene rings is 1. The highest BCUT2D eigenvalue weighted by Gasteiger charge is 2.30. The van der Waals surface area contributed by atoms with E-state index >= 15 is 0 Å². The summed E-state index contributed by atoms with van der Waals surface area (Å²) in [6.45, 7) is 3.38. The van der Waals surface area contributed by atoms with Crippen LogP contribution >= 0.6 is 11.3 Å². The van der Waals surface area contributed by atoms with Gasteiger partial charge in [0, 0.05) is 12.1 Å². The van der Waals surface area contributed by atoms with Gasteiger partial charge >= 0.3 is 0 Å². The average Bonchev–Trinajstić information content (AvgIpc) is 3.37. The molecule has 7 heteroatoms. The summed E-state index contributed by atoms with van der Waals surface area (Å²) < 4.78 is 0. The molecule has 0 bridgehead atoms. The van der Waals surface area contributed by atoms with E-state index in [1.54, 1.807) is 16.1 Å². The highest BCUT2D eigenvalue weighted by molar-refractivity contribution is 7.13. The molecule has 6 nitrogen and oxygen atoms in total. The van der Waals surface area contributed by atoms with Gasteiger partial charge in [0.15, 0.2) is 0 Å². The number of likely N-dealkylation sites (tertiary alicyclic amines) is 1. The van der Waals surface area contributed by atoms with Gasteiger partial charge in [-0.05, 0) is 48.6 Å². The lowest BCUT2D eigenvalue weighted by Gasteiger charge is -2.24. The van der Waals surface area contributed by atoms with Crippen molar-refractivity contribution in [3.8, 4) is 10.7 Å². The number of aryl methyl sites for hydroxylation is 1. The Morgan fingerprint density at radius 1 is 1.28 bits per heavy atom. The second-order valence-electron chi connectivity index (χ2n) is 6.31. The summed E-state index contributed by atoms with van der Waals surface area (Å²) in [5, 5.41) is 14.7. The molecule has 1 fully saturated rings. The van der Waals surface area contributed by atoms with Crippen LogP contribution in [-0.2, 0) is 6.54 Å². The van der Waals surface area contributed by atoms with E-state index < -0.39 is 0 Å². The second kappa shape index (κ2) is 6.76. The number of rotatable bonds is 4. The van der Waals surface area contributed by atoms with Crippen LogP contribution in [0.1, 0.15) is 28.8 Å². The number of hydrogen-bond acceptors (Lipinski definition) is 5. The van der Waals surface area contributed by atoms with Crippen LogP contribution in [0.3, 0.4) is 0 Å². The maximum absolute atomic E-state index is 12.8. The van der Waals surface area contributed by atoms with E-state index in [9.17, 15) is 4.79 Å². The number of benzene rings is 1. The van der Waals surface area contributed by atoms with Crippen LogP contribution in [0, 0.1) is 6.92 Å². The first kappa shape index (κ1) is 16.0. The van der Waals surface area contributed by atoms with Gasteiger partial charge in [-0.3, -0.25) is 4.79 Å². The van der Waals surface area contributed by atoms with Crippen LogP contribution in [-0.4, -0.2) is 43.6 Å². The van der Waals surface area contributed by atoms with Gasteiger partial charge in [0.2, 0.25) is 5.82 Å². The van der Waals surface area contributed by atoms with Gasteiger partial charge in [-0.2, -0.15) is 4.80 Å². The fourth-order valence-corrected chi connectivity index (χ4v) is 3.82. The van der Waals surface area contributed by atoms with Crippen molar-refractivity contribution in [2.24, 2.45) is 0 Å². The van der Waals surface area contributed by atoms with Crippen molar-refractivity contribution in [1.29, 1.82) is 0 Å². The zero-order chi connectivity index (χ0) is 17.2. The second-order valence-corrected chi connectivity index (χ2v) is 7.25. The number of nitrogens with zero attached hydrogens (tertiary/aromatic N) is 5. The molecule has 1 saturated heterocycles. The predicted molar refractivity (Wildman–Crippen MR) is 96.4 cm³/mol. The first-order valence-electron chi connectivity index (χ1n) is 8.40. The van der Waals surface area contributed by atoms with Crippen LogP contribution in [0.2, 0.25) is 0 Å². The molecule has 0 saturated carbocycles. The molecule has 1 atom stereocenters. The van der Waals surface area contributed by atoms with E-state index in [-0.39, 0.29) is 11.9 Å². The van der Waals surface area contributed by atoms with Crippen molar-refractivity contribution in [3.05, 3.63) is 52.9 Å². The monoisotopic (exact) mass is 353 g/mol. The van der Waals surface area contributed by atoms with Gasteiger partial charge in [-0.15, -0.1) is 21.5 Å². The molecular formula is C18H19N5OS. The first-order valence-corrected chi connectivity index (χ1v) is 9.28. The molecule has 0 aliphatic carbocycles. The van der Waals surface area contributed by atoms with E-state index in [0.29, 0.717) is 12.4 Å². The lowest BCUT2D eigenvalue weighted by atomic mass is 10.1. The average molecular weight is 353 g/mol. The smallest absolute Gasteiger partial charge is 0.254 e. The summed E-state index contributed by atoms with van der Waals surface area (Å²) in [5.74, 6) is 0.727. The zero-order valence-electron chi connectivity index (χ0n) is 14.0. The number of hydrogen-bond donors (Lipinski definition) is 0. The van der Waals surface area contributed by atoms with Crippen LogP contribution in [0.15, 0.2) is 41.8 Å². The van der Waals surface area contributed by atoms with Crippen LogP contribution in [0.25, 0.3) is 10.7 Å². The minimum Gasteiger partial charge on any atom is -0.334 e. The lowest BCUT2D eigenvalue weighted by molar-refractivity contribution is 0.0718. The number of amides is 1. The van der Waals surface area contributed by atoms with E-state index in [1.807, 2.05) is 53.6 Å². The summed E-state index contributed by atoms with van der Waals surface area (Å²) in [6.07, 6.45) is 1.97. The molecule has 0 N–H and O–H groups in total. The zero-order valence-corrected chi connectivity index (χ0v) is 14.8. The van der Waals surface area contributed by atoms with Gasteiger partial charge in [-0.25, -0.2) is 0 Å². The molecule has 0 spiro atoms. The van der Waals surface area contributed by atoms with Crippen molar-refractivity contribution in [2.45, 2.75) is 32.4 Å². The number of carbonyl (C=O) groups is 1. The Morgan fingerprint density at radius 2 is 2.12 bits per heavy atom. The summed E-state index contributed by atoms with van der Waals surface area (Å²) in [7, 11) is 0. The van der Waals surface area contributed by atoms with Gasteiger partial charge in [-0.1, -0.05) is 23.8 Å². The molecule has 1 aromatic carbocycles. The molecule has 2 aromatic heterocycles. The van der Waals surface area contributed by atoms with E-state index in [2.05, 4.69) is 15.4 Å². The molecule has 1 amide bonds. The molecule has 3 aromatic rings. The van der Waals surface area contributed by atoms with Crippen LogP contribution in [0.5, 0.6) is 0 Å². The topological polar surface area (TPSA) is 63.9 Å². The Bertz CT molecular complexity index is 856. The quantitative estimate of drug-likeness (QED) is 0.723. The Balaban J connectivity index is 1.48. The van der Waals surface area contributed by atoms with E-state index in [0.717, 1.165) is 35.4 Å². The first-order chi connectivity index (χ1) is 12.2. The summed E-state index contributed by atoms with van der Waals surface area (Å²) >= 11 is 1.59. The predicted octanol–water partition coefficient (Wildman–Crippen LogP) is 3.01. The summed E-state index contributed by atoms with van der Waals surface area (Å²) in [4.78, 5) is 17.4. The Labute approximate surface area is 150 Å². The Morgan fingerprint density at radius 3 is 2.88 bits per heavy atom. The SMILES string of the molecule is Cc1ccc(C(=O)N2CCC[C@@H]2Cn2nnc(-c3cccs3)n2)cc1. The highest BCUT2D eigenvalue weighted by Crippen LogP contribution is 2.23. The molecule has 0 radical (unpaired) electrons. The third-order valence-electron chi connectivity index (χ3n) is 4.50. The third kappa shape index (κ3) is 3.32. The largest absolute Gasteiger partial charge is 0.334 e. The van der Waals surface area contributed by atoms with E-state index in [4.69, 9.17) is 0 Å². The molecule has 1 aliphatic rings. The molecule has 0 unspecified atom stereocenters. The van der Waals surface area contributed by atoms with Crippen molar-refractivity contribution < 1.29 is 4.79 Å². The fourth-order valence-electron chi connectivity index (χ4n) is 3.17. The van der Waals surface area contributed by atoms with Crippen molar-refractivity contribution in [1.82, 2.24) is 25.1 Å². The van der Waals surface area contributed by atoms with E-state index in [1.165, 1.54) is 0 Å². The van der Waals surface area contributed by atoms with Crippen molar-refractivity contribution >= 4 is 17.2 Å². The number of tetrazole rings is 1. The number of carbonyl (C=O) groups excluding carboxylic acids is 1.